The molecule has 0 radical (unpaired) electrons. The van der Waals surface area contributed by atoms with Gasteiger partial charge in [0.1, 0.15) is 12.1 Å². The van der Waals surface area contributed by atoms with Crippen molar-refractivity contribution in [3.8, 4) is 5.88 Å². The molecular weight excluding hydrogens is 242 g/mol. The van der Waals surface area contributed by atoms with Gasteiger partial charge in [-0.25, -0.2) is 9.97 Å². The first-order valence-corrected chi connectivity index (χ1v) is 6.10. The number of aromatic nitrogens is 2. The predicted molar refractivity (Wildman–Crippen MR) is 68.0 cm³/mol. The molecule has 1 rings (SSSR count). The Balaban J connectivity index is 2.73. The van der Waals surface area contributed by atoms with Crippen molar-refractivity contribution in [3.63, 3.8) is 0 Å². The van der Waals surface area contributed by atoms with E-state index in [0.29, 0.717) is 31.5 Å². The summed E-state index contributed by atoms with van der Waals surface area (Å²) in [5.41, 5.74) is 0. The fourth-order valence-electron chi connectivity index (χ4n) is 1.37. The molecule has 0 aliphatic carbocycles. The lowest BCUT2D eigenvalue weighted by molar-refractivity contribution is 0.205. The summed E-state index contributed by atoms with van der Waals surface area (Å²) in [5.74, 6) is 1.92. The average Bonchev–Trinajstić information content (AvgIpc) is 2.35. The molecule has 0 N–H and O–H groups in total. The Hall–Kier alpha value is -1.07. The molecule has 5 nitrogen and oxygen atoms in total. The lowest BCUT2D eigenvalue weighted by Crippen LogP contribution is -2.30. The summed E-state index contributed by atoms with van der Waals surface area (Å²) < 4.78 is 10.4. The minimum atomic E-state index is 0.539. The molecule has 96 valence electrons. The number of hydrogen-bond donors (Lipinski definition) is 0. The van der Waals surface area contributed by atoms with Gasteiger partial charge in [-0.3, -0.25) is 0 Å². The SMILES string of the molecule is CCOc1cc(N(CCCl)CCOC)ncn1. The predicted octanol–water partition coefficient (Wildman–Crippen LogP) is 1.57. The number of rotatable bonds is 8. The molecule has 0 saturated carbocycles. The minimum Gasteiger partial charge on any atom is -0.478 e. The molecule has 1 heterocycles. The Labute approximate surface area is 107 Å². The molecule has 1 aromatic heterocycles. The highest BCUT2D eigenvalue weighted by atomic mass is 35.5. The Morgan fingerprint density at radius 1 is 1.35 bits per heavy atom. The van der Waals surface area contributed by atoms with Crippen molar-refractivity contribution in [2.45, 2.75) is 6.92 Å². The number of alkyl halides is 1. The van der Waals surface area contributed by atoms with E-state index >= 15 is 0 Å². The van der Waals surface area contributed by atoms with Gasteiger partial charge in [0.25, 0.3) is 0 Å². The van der Waals surface area contributed by atoms with E-state index < -0.39 is 0 Å². The normalized spacial score (nSPS) is 10.3. The number of methoxy groups -OCH3 is 1. The van der Waals surface area contributed by atoms with Crippen molar-refractivity contribution in [3.05, 3.63) is 12.4 Å². The van der Waals surface area contributed by atoms with Gasteiger partial charge in [0.2, 0.25) is 5.88 Å². The Kier molecular flexibility index (Phi) is 6.65. The molecular formula is C11H18ClN3O2. The fourth-order valence-corrected chi connectivity index (χ4v) is 1.58. The summed E-state index contributed by atoms with van der Waals surface area (Å²) in [6.45, 7) is 4.59. The zero-order valence-electron chi connectivity index (χ0n) is 10.2. The van der Waals surface area contributed by atoms with Gasteiger partial charge in [0, 0.05) is 32.1 Å². The third-order valence-corrected chi connectivity index (χ3v) is 2.33. The van der Waals surface area contributed by atoms with Crippen molar-refractivity contribution in [1.82, 2.24) is 9.97 Å². The summed E-state index contributed by atoms with van der Waals surface area (Å²) in [6, 6.07) is 1.81. The molecule has 0 aliphatic heterocycles. The number of ether oxygens (including phenoxy) is 2. The molecule has 6 heteroatoms. The molecule has 17 heavy (non-hydrogen) atoms. The van der Waals surface area contributed by atoms with Crippen molar-refractivity contribution in [2.75, 3.05) is 44.2 Å². The second-order valence-corrected chi connectivity index (χ2v) is 3.69. The van der Waals surface area contributed by atoms with Crippen LogP contribution in [-0.4, -0.2) is 49.3 Å². The van der Waals surface area contributed by atoms with E-state index in [-0.39, 0.29) is 0 Å². The number of nitrogens with zero attached hydrogens (tertiary/aromatic N) is 3. The quantitative estimate of drug-likeness (QED) is 0.663. The van der Waals surface area contributed by atoms with Crippen LogP contribution in [0.5, 0.6) is 5.88 Å². The summed E-state index contributed by atoms with van der Waals surface area (Å²) >= 11 is 5.77. The van der Waals surface area contributed by atoms with Crippen LogP contribution in [0.2, 0.25) is 0 Å². The summed E-state index contributed by atoms with van der Waals surface area (Å²) in [5, 5.41) is 0. The molecule has 0 spiro atoms. The monoisotopic (exact) mass is 259 g/mol. The van der Waals surface area contributed by atoms with Gasteiger partial charge in [-0.2, -0.15) is 0 Å². The van der Waals surface area contributed by atoms with E-state index in [1.165, 1.54) is 6.33 Å². The van der Waals surface area contributed by atoms with E-state index in [1.807, 2.05) is 17.9 Å². The van der Waals surface area contributed by atoms with Crippen LogP contribution in [0.15, 0.2) is 12.4 Å². The van der Waals surface area contributed by atoms with Gasteiger partial charge in [0.05, 0.1) is 13.2 Å². The van der Waals surface area contributed by atoms with Crippen LogP contribution < -0.4 is 9.64 Å². The van der Waals surface area contributed by atoms with E-state index in [2.05, 4.69) is 9.97 Å². The van der Waals surface area contributed by atoms with Gasteiger partial charge in [-0.15, -0.1) is 11.6 Å². The van der Waals surface area contributed by atoms with Crippen molar-refractivity contribution in [1.29, 1.82) is 0 Å². The lowest BCUT2D eigenvalue weighted by Gasteiger charge is -2.22. The fraction of sp³-hybridized carbons (Fsp3) is 0.636. The number of anilines is 1. The van der Waals surface area contributed by atoms with Crippen LogP contribution in [0.1, 0.15) is 6.92 Å². The summed E-state index contributed by atoms with van der Waals surface area (Å²) in [6.07, 6.45) is 1.49. The van der Waals surface area contributed by atoms with E-state index in [0.717, 1.165) is 12.4 Å². The first kappa shape index (κ1) is 14.0. The van der Waals surface area contributed by atoms with Crippen LogP contribution in [0.3, 0.4) is 0 Å². The van der Waals surface area contributed by atoms with E-state index in [9.17, 15) is 0 Å². The molecule has 1 aromatic rings. The topological polar surface area (TPSA) is 47.5 Å². The highest BCUT2D eigenvalue weighted by molar-refractivity contribution is 6.18. The summed E-state index contributed by atoms with van der Waals surface area (Å²) in [7, 11) is 1.67. The number of hydrogen-bond acceptors (Lipinski definition) is 5. The van der Waals surface area contributed by atoms with Crippen LogP contribution in [-0.2, 0) is 4.74 Å². The van der Waals surface area contributed by atoms with Gasteiger partial charge in [-0.05, 0) is 6.92 Å². The maximum atomic E-state index is 5.77. The first-order chi connectivity index (χ1) is 8.31. The van der Waals surface area contributed by atoms with Gasteiger partial charge in [-0.1, -0.05) is 0 Å². The van der Waals surface area contributed by atoms with Crippen molar-refractivity contribution < 1.29 is 9.47 Å². The maximum Gasteiger partial charge on any atom is 0.218 e. The molecule has 0 unspecified atom stereocenters. The minimum absolute atomic E-state index is 0.539. The van der Waals surface area contributed by atoms with Gasteiger partial charge >= 0.3 is 0 Å². The second kappa shape index (κ2) is 8.08. The van der Waals surface area contributed by atoms with Crippen LogP contribution >= 0.6 is 11.6 Å². The highest BCUT2D eigenvalue weighted by Gasteiger charge is 2.08. The molecule has 0 saturated heterocycles. The van der Waals surface area contributed by atoms with E-state index in [1.54, 1.807) is 7.11 Å². The van der Waals surface area contributed by atoms with Crippen LogP contribution in [0.25, 0.3) is 0 Å². The third-order valence-electron chi connectivity index (χ3n) is 2.16. The lowest BCUT2D eigenvalue weighted by atomic mass is 10.4. The molecule has 0 aromatic carbocycles. The first-order valence-electron chi connectivity index (χ1n) is 5.56. The second-order valence-electron chi connectivity index (χ2n) is 3.32. The largest absolute Gasteiger partial charge is 0.478 e. The molecule has 0 bridgehead atoms. The number of halogens is 1. The zero-order chi connectivity index (χ0) is 12.5. The van der Waals surface area contributed by atoms with Crippen LogP contribution in [0, 0.1) is 0 Å². The van der Waals surface area contributed by atoms with Crippen molar-refractivity contribution >= 4 is 17.4 Å². The molecule has 0 atom stereocenters. The smallest absolute Gasteiger partial charge is 0.218 e. The van der Waals surface area contributed by atoms with Gasteiger partial charge in [0.15, 0.2) is 0 Å². The zero-order valence-corrected chi connectivity index (χ0v) is 11.0. The highest BCUT2D eigenvalue weighted by Crippen LogP contribution is 2.15. The molecule has 0 aliphatic rings. The standard InChI is InChI=1S/C11H18ClN3O2/c1-3-17-11-8-10(13-9-14-11)15(5-4-12)6-7-16-2/h8-9H,3-7H2,1-2H3. The molecule has 0 amide bonds. The van der Waals surface area contributed by atoms with Crippen LogP contribution in [0.4, 0.5) is 5.82 Å². The maximum absolute atomic E-state index is 5.77. The third kappa shape index (κ3) is 4.75. The van der Waals surface area contributed by atoms with Gasteiger partial charge < -0.3 is 14.4 Å². The Bertz CT molecular complexity index is 325. The summed E-state index contributed by atoms with van der Waals surface area (Å²) in [4.78, 5) is 10.3. The molecule has 0 fully saturated rings. The Morgan fingerprint density at radius 2 is 2.18 bits per heavy atom. The Morgan fingerprint density at radius 3 is 2.82 bits per heavy atom. The average molecular weight is 260 g/mol. The van der Waals surface area contributed by atoms with Crippen molar-refractivity contribution in [2.24, 2.45) is 0 Å². The van der Waals surface area contributed by atoms with E-state index in [4.69, 9.17) is 21.1 Å².